The Balaban J connectivity index is 1.55. The molecular weight excluding hydrogens is 280 g/mol. The minimum absolute atomic E-state index is 0.307. The summed E-state index contributed by atoms with van der Waals surface area (Å²) < 4.78 is 10.8. The SMILES string of the molecule is CCOC(=O)c1ccc(N2CCC(C3CCCO3)CC2)nc1. The van der Waals surface area contributed by atoms with Gasteiger partial charge in [0.2, 0.25) is 0 Å². The number of pyridine rings is 1. The standard InChI is InChI=1S/C17H24N2O3/c1-2-21-17(20)14-5-6-16(18-12-14)19-9-7-13(8-10-19)15-4-3-11-22-15/h5-6,12-13,15H,2-4,7-11H2,1H3. The Bertz CT molecular complexity index is 489. The molecule has 2 saturated heterocycles. The van der Waals surface area contributed by atoms with E-state index < -0.39 is 0 Å². The summed E-state index contributed by atoms with van der Waals surface area (Å²) in [6.07, 6.45) is 6.83. The van der Waals surface area contributed by atoms with Gasteiger partial charge in [-0.1, -0.05) is 0 Å². The second kappa shape index (κ2) is 7.09. The molecule has 3 rings (SSSR count). The van der Waals surface area contributed by atoms with Crippen molar-refractivity contribution < 1.29 is 14.3 Å². The van der Waals surface area contributed by atoms with Crippen LogP contribution in [0.1, 0.15) is 43.0 Å². The minimum atomic E-state index is -0.307. The van der Waals surface area contributed by atoms with Gasteiger partial charge in [0.1, 0.15) is 5.82 Å². The van der Waals surface area contributed by atoms with Crippen LogP contribution in [0.3, 0.4) is 0 Å². The molecule has 0 radical (unpaired) electrons. The van der Waals surface area contributed by atoms with E-state index in [0.29, 0.717) is 24.2 Å². The maximum absolute atomic E-state index is 11.6. The van der Waals surface area contributed by atoms with Gasteiger partial charge in [0.15, 0.2) is 0 Å². The highest BCUT2D eigenvalue weighted by atomic mass is 16.5. The molecule has 0 aliphatic carbocycles. The molecule has 22 heavy (non-hydrogen) atoms. The summed E-state index contributed by atoms with van der Waals surface area (Å²) in [6.45, 7) is 5.14. The number of rotatable bonds is 4. The maximum atomic E-state index is 11.6. The smallest absolute Gasteiger partial charge is 0.339 e. The molecule has 120 valence electrons. The highest BCUT2D eigenvalue weighted by Gasteiger charge is 2.29. The molecule has 2 fully saturated rings. The van der Waals surface area contributed by atoms with Crippen LogP contribution in [0.2, 0.25) is 0 Å². The second-order valence-electron chi connectivity index (χ2n) is 6.00. The molecular formula is C17H24N2O3. The molecule has 2 aliphatic heterocycles. The number of hydrogen-bond donors (Lipinski definition) is 0. The quantitative estimate of drug-likeness (QED) is 0.800. The van der Waals surface area contributed by atoms with Crippen molar-refractivity contribution in [3.05, 3.63) is 23.9 Å². The first kappa shape index (κ1) is 15.3. The first-order valence-electron chi connectivity index (χ1n) is 8.27. The number of carbonyl (C=O) groups excluding carboxylic acids is 1. The molecule has 3 heterocycles. The van der Waals surface area contributed by atoms with E-state index in [1.165, 1.54) is 12.8 Å². The molecule has 1 atom stereocenters. The number of carbonyl (C=O) groups is 1. The molecule has 1 unspecified atom stereocenters. The van der Waals surface area contributed by atoms with E-state index in [2.05, 4.69) is 9.88 Å². The van der Waals surface area contributed by atoms with Crippen LogP contribution in [0.25, 0.3) is 0 Å². The molecule has 1 aromatic heterocycles. The Morgan fingerprint density at radius 3 is 2.77 bits per heavy atom. The van der Waals surface area contributed by atoms with E-state index in [1.54, 1.807) is 19.2 Å². The van der Waals surface area contributed by atoms with E-state index in [9.17, 15) is 4.79 Å². The third kappa shape index (κ3) is 3.40. The predicted molar refractivity (Wildman–Crippen MR) is 84.1 cm³/mol. The molecule has 2 aliphatic rings. The van der Waals surface area contributed by atoms with Crippen LogP contribution in [-0.2, 0) is 9.47 Å². The summed E-state index contributed by atoms with van der Waals surface area (Å²) in [5.41, 5.74) is 0.514. The van der Waals surface area contributed by atoms with Crippen molar-refractivity contribution >= 4 is 11.8 Å². The van der Waals surface area contributed by atoms with E-state index in [1.807, 2.05) is 6.07 Å². The molecule has 0 spiro atoms. The third-order valence-corrected chi connectivity index (χ3v) is 4.61. The van der Waals surface area contributed by atoms with Gasteiger partial charge in [-0.25, -0.2) is 9.78 Å². The fraction of sp³-hybridized carbons (Fsp3) is 0.647. The van der Waals surface area contributed by atoms with Gasteiger partial charge in [-0.3, -0.25) is 0 Å². The zero-order valence-corrected chi connectivity index (χ0v) is 13.2. The van der Waals surface area contributed by atoms with Crippen molar-refractivity contribution in [1.29, 1.82) is 0 Å². The van der Waals surface area contributed by atoms with Crippen molar-refractivity contribution in [2.45, 2.75) is 38.7 Å². The zero-order valence-electron chi connectivity index (χ0n) is 13.2. The van der Waals surface area contributed by atoms with E-state index in [0.717, 1.165) is 38.4 Å². The molecule has 0 aromatic carbocycles. The first-order chi connectivity index (χ1) is 10.8. The van der Waals surface area contributed by atoms with Crippen molar-refractivity contribution in [3.8, 4) is 0 Å². The lowest BCUT2D eigenvalue weighted by Crippen LogP contribution is -2.38. The largest absolute Gasteiger partial charge is 0.462 e. The van der Waals surface area contributed by atoms with Crippen LogP contribution in [0.5, 0.6) is 0 Å². The van der Waals surface area contributed by atoms with Crippen LogP contribution in [0.4, 0.5) is 5.82 Å². The summed E-state index contributed by atoms with van der Waals surface area (Å²) >= 11 is 0. The third-order valence-electron chi connectivity index (χ3n) is 4.61. The molecule has 0 bridgehead atoms. The van der Waals surface area contributed by atoms with Crippen LogP contribution in [-0.4, -0.2) is 43.4 Å². The topological polar surface area (TPSA) is 51.7 Å². The Hall–Kier alpha value is -1.62. The molecule has 0 saturated carbocycles. The van der Waals surface area contributed by atoms with Gasteiger partial charge in [0.05, 0.1) is 18.3 Å². The van der Waals surface area contributed by atoms with Gasteiger partial charge >= 0.3 is 5.97 Å². The second-order valence-corrected chi connectivity index (χ2v) is 6.00. The Morgan fingerprint density at radius 2 is 2.18 bits per heavy atom. The summed E-state index contributed by atoms with van der Waals surface area (Å²) in [4.78, 5) is 18.3. The maximum Gasteiger partial charge on any atom is 0.339 e. The van der Waals surface area contributed by atoms with Gasteiger partial charge in [0, 0.05) is 25.9 Å². The van der Waals surface area contributed by atoms with Crippen LogP contribution in [0, 0.1) is 5.92 Å². The van der Waals surface area contributed by atoms with Crippen molar-refractivity contribution in [3.63, 3.8) is 0 Å². The zero-order chi connectivity index (χ0) is 15.4. The fourth-order valence-electron chi connectivity index (χ4n) is 3.38. The van der Waals surface area contributed by atoms with Crippen molar-refractivity contribution in [1.82, 2.24) is 4.98 Å². The molecule has 1 aromatic rings. The lowest BCUT2D eigenvalue weighted by atomic mass is 9.90. The minimum Gasteiger partial charge on any atom is -0.462 e. The average molecular weight is 304 g/mol. The summed E-state index contributed by atoms with van der Waals surface area (Å²) in [7, 11) is 0. The van der Waals surface area contributed by atoms with E-state index in [4.69, 9.17) is 9.47 Å². The number of esters is 1. The molecule has 5 nitrogen and oxygen atoms in total. The normalized spacial score (nSPS) is 22.8. The van der Waals surface area contributed by atoms with Gasteiger partial charge < -0.3 is 14.4 Å². The Labute approximate surface area is 131 Å². The number of piperidine rings is 1. The first-order valence-corrected chi connectivity index (χ1v) is 8.27. The number of aromatic nitrogens is 1. The van der Waals surface area contributed by atoms with Crippen molar-refractivity contribution in [2.75, 3.05) is 31.2 Å². The summed E-state index contributed by atoms with van der Waals surface area (Å²) in [5, 5.41) is 0. The van der Waals surface area contributed by atoms with E-state index in [-0.39, 0.29) is 5.97 Å². The highest BCUT2D eigenvalue weighted by Crippen LogP contribution is 2.30. The predicted octanol–water partition coefficient (Wildman–Crippen LogP) is 2.65. The van der Waals surface area contributed by atoms with Gasteiger partial charge in [-0.15, -0.1) is 0 Å². The Kier molecular flexibility index (Phi) is 4.93. The van der Waals surface area contributed by atoms with Gasteiger partial charge in [0.25, 0.3) is 0 Å². The van der Waals surface area contributed by atoms with Crippen molar-refractivity contribution in [2.24, 2.45) is 5.92 Å². The molecule has 5 heteroatoms. The molecule has 0 amide bonds. The number of nitrogens with zero attached hydrogens (tertiary/aromatic N) is 2. The van der Waals surface area contributed by atoms with Crippen LogP contribution < -0.4 is 4.90 Å². The lowest BCUT2D eigenvalue weighted by Gasteiger charge is -2.35. The van der Waals surface area contributed by atoms with Gasteiger partial charge in [-0.2, -0.15) is 0 Å². The summed E-state index contributed by atoms with van der Waals surface area (Å²) in [5.74, 6) is 1.33. The average Bonchev–Trinajstić information content (AvgIpc) is 3.10. The number of ether oxygens (including phenoxy) is 2. The van der Waals surface area contributed by atoms with E-state index >= 15 is 0 Å². The van der Waals surface area contributed by atoms with Crippen LogP contribution in [0.15, 0.2) is 18.3 Å². The lowest BCUT2D eigenvalue weighted by molar-refractivity contribution is 0.0523. The summed E-state index contributed by atoms with van der Waals surface area (Å²) in [6, 6.07) is 3.71. The van der Waals surface area contributed by atoms with Gasteiger partial charge in [-0.05, 0) is 50.7 Å². The Morgan fingerprint density at radius 1 is 1.36 bits per heavy atom. The highest BCUT2D eigenvalue weighted by molar-refractivity contribution is 5.89. The fourth-order valence-corrected chi connectivity index (χ4v) is 3.38. The van der Waals surface area contributed by atoms with Crippen LogP contribution >= 0.6 is 0 Å². The molecule has 0 N–H and O–H groups in total. The number of anilines is 1. The number of hydrogen-bond acceptors (Lipinski definition) is 5. The monoisotopic (exact) mass is 304 g/mol.